The number of ether oxygens (including phenoxy) is 1. The molecule has 1 heterocycles. The van der Waals surface area contributed by atoms with Gasteiger partial charge in [0, 0.05) is 17.5 Å². The second-order valence-electron chi connectivity index (χ2n) is 5.76. The van der Waals surface area contributed by atoms with E-state index in [9.17, 15) is 4.79 Å². The number of hydrogen-bond donors (Lipinski definition) is 0. The molecule has 0 radical (unpaired) electrons. The van der Waals surface area contributed by atoms with Crippen LogP contribution in [0.15, 0.2) is 60.7 Å². The number of Topliss-reactive ketones (excluding diaryl/α,β-unsaturated/α-hetero) is 1. The fourth-order valence-electron chi connectivity index (χ4n) is 3.29. The van der Waals surface area contributed by atoms with Crippen molar-refractivity contribution in [3.05, 3.63) is 66.2 Å². The summed E-state index contributed by atoms with van der Waals surface area (Å²) in [5.74, 6) is 1.000. The summed E-state index contributed by atoms with van der Waals surface area (Å²) in [4.78, 5) is 11.7. The molecular weight excluding hydrogens is 272 g/mol. The largest absolute Gasteiger partial charge is 0.485 e. The maximum Gasteiger partial charge on any atom is 0.133 e. The summed E-state index contributed by atoms with van der Waals surface area (Å²) < 4.78 is 6.16. The molecule has 0 aliphatic carbocycles. The Bertz CT molecular complexity index is 880. The van der Waals surface area contributed by atoms with Crippen LogP contribution in [0.4, 0.5) is 0 Å². The molecule has 108 valence electrons. The predicted octanol–water partition coefficient (Wildman–Crippen LogP) is 4.92. The number of hydrogen-bond acceptors (Lipinski definition) is 2. The van der Waals surface area contributed by atoms with Crippen molar-refractivity contribution in [2.45, 2.75) is 19.4 Å². The highest BCUT2D eigenvalue weighted by Gasteiger charge is 2.28. The number of benzene rings is 3. The van der Waals surface area contributed by atoms with Crippen LogP contribution in [0.3, 0.4) is 0 Å². The van der Waals surface area contributed by atoms with Crippen LogP contribution in [0.1, 0.15) is 25.0 Å². The predicted molar refractivity (Wildman–Crippen MR) is 88.1 cm³/mol. The fraction of sp³-hybridized carbons (Fsp3) is 0.150. The molecule has 1 unspecified atom stereocenters. The number of carbonyl (C=O) groups is 1. The van der Waals surface area contributed by atoms with Gasteiger partial charge in [-0.05, 0) is 29.3 Å². The van der Waals surface area contributed by atoms with Crippen molar-refractivity contribution < 1.29 is 9.53 Å². The zero-order valence-electron chi connectivity index (χ0n) is 12.4. The van der Waals surface area contributed by atoms with Crippen molar-refractivity contribution in [1.82, 2.24) is 0 Å². The molecule has 0 amide bonds. The number of rotatable bonds is 2. The highest BCUT2D eigenvalue weighted by atomic mass is 16.5. The summed E-state index contributed by atoms with van der Waals surface area (Å²) in [6.07, 6.45) is 0.184. The zero-order valence-corrected chi connectivity index (χ0v) is 12.4. The topological polar surface area (TPSA) is 26.3 Å². The van der Waals surface area contributed by atoms with Gasteiger partial charge in [0.05, 0.1) is 0 Å². The van der Waals surface area contributed by atoms with E-state index >= 15 is 0 Å². The maximum atomic E-state index is 11.7. The Morgan fingerprint density at radius 1 is 0.955 bits per heavy atom. The fourth-order valence-corrected chi connectivity index (χ4v) is 3.29. The average Bonchev–Trinajstić information content (AvgIpc) is 2.54. The lowest BCUT2D eigenvalue weighted by molar-refractivity contribution is -0.118. The van der Waals surface area contributed by atoms with E-state index in [1.165, 1.54) is 16.3 Å². The van der Waals surface area contributed by atoms with Crippen LogP contribution >= 0.6 is 0 Å². The molecule has 0 spiro atoms. The monoisotopic (exact) mass is 288 g/mol. The maximum absolute atomic E-state index is 11.7. The first-order valence-corrected chi connectivity index (χ1v) is 7.51. The minimum Gasteiger partial charge on any atom is -0.485 e. The van der Waals surface area contributed by atoms with Gasteiger partial charge in [0.2, 0.25) is 0 Å². The molecule has 1 aliphatic rings. The smallest absolute Gasteiger partial charge is 0.133 e. The van der Waals surface area contributed by atoms with Gasteiger partial charge in [-0.15, -0.1) is 0 Å². The second kappa shape index (κ2) is 4.99. The third-order valence-corrected chi connectivity index (χ3v) is 4.21. The Balaban J connectivity index is 2.03. The molecular formula is C20H16O2. The Hall–Kier alpha value is -2.61. The summed E-state index contributed by atoms with van der Waals surface area (Å²) in [7, 11) is 0. The molecule has 22 heavy (non-hydrogen) atoms. The first kappa shape index (κ1) is 13.1. The SMILES string of the molecule is CC(=O)CC1Oc2ccccc2-c2ccc3ccccc3c21. The molecule has 4 rings (SSSR count). The first-order chi connectivity index (χ1) is 10.7. The van der Waals surface area contributed by atoms with Crippen molar-refractivity contribution >= 4 is 16.6 Å². The number of para-hydroxylation sites is 1. The molecule has 0 aromatic heterocycles. The molecule has 0 N–H and O–H groups in total. The molecule has 0 fully saturated rings. The van der Waals surface area contributed by atoms with E-state index in [1.54, 1.807) is 6.92 Å². The Labute approximate surface area is 129 Å². The Morgan fingerprint density at radius 3 is 2.59 bits per heavy atom. The molecule has 1 aliphatic heterocycles. The first-order valence-electron chi connectivity index (χ1n) is 7.51. The zero-order chi connectivity index (χ0) is 15.1. The summed E-state index contributed by atoms with van der Waals surface area (Å²) in [6, 6.07) is 20.6. The number of fused-ring (bicyclic) bond motifs is 5. The van der Waals surface area contributed by atoms with E-state index in [1.807, 2.05) is 30.3 Å². The van der Waals surface area contributed by atoms with Crippen LogP contribution in [-0.4, -0.2) is 5.78 Å². The van der Waals surface area contributed by atoms with Gasteiger partial charge in [0.1, 0.15) is 17.6 Å². The molecule has 0 bridgehead atoms. The van der Waals surface area contributed by atoms with Crippen LogP contribution in [0.2, 0.25) is 0 Å². The van der Waals surface area contributed by atoms with Crippen molar-refractivity contribution in [3.8, 4) is 16.9 Å². The van der Waals surface area contributed by atoms with Gasteiger partial charge in [-0.2, -0.15) is 0 Å². The molecule has 2 nitrogen and oxygen atoms in total. The highest BCUT2D eigenvalue weighted by molar-refractivity contribution is 5.94. The summed E-state index contributed by atoms with van der Waals surface area (Å²) in [5, 5.41) is 2.35. The quantitative estimate of drug-likeness (QED) is 0.669. The third kappa shape index (κ3) is 2.00. The van der Waals surface area contributed by atoms with Crippen LogP contribution in [-0.2, 0) is 4.79 Å². The van der Waals surface area contributed by atoms with Crippen LogP contribution < -0.4 is 4.74 Å². The van der Waals surface area contributed by atoms with Gasteiger partial charge in [0.15, 0.2) is 0 Å². The summed E-state index contributed by atoms with van der Waals surface area (Å²) in [6.45, 7) is 1.62. The van der Waals surface area contributed by atoms with E-state index in [2.05, 4.69) is 30.3 Å². The van der Waals surface area contributed by atoms with Crippen LogP contribution in [0, 0.1) is 0 Å². The van der Waals surface area contributed by atoms with Crippen molar-refractivity contribution in [2.75, 3.05) is 0 Å². The Kier molecular flexibility index (Phi) is 2.97. The summed E-state index contributed by atoms with van der Waals surface area (Å²) >= 11 is 0. The van der Waals surface area contributed by atoms with Crippen molar-refractivity contribution in [3.63, 3.8) is 0 Å². The van der Waals surface area contributed by atoms with Crippen LogP contribution in [0.5, 0.6) is 5.75 Å². The van der Waals surface area contributed by atoms with Gasteiger partial charge < -0.3 is 4.74 Å². The van der Waals surface area contributed by atoms with E-state index in [-0.39, 0.29) is 11.9 Å². The van der Waals surface area contributed by atoms with E-state index in [0.717, 1.165) is 16.9 Å². The van der Waals surface area contributed by atoms with Gasteiger partial charge in [-0.3, -0.25) is 4.79 Å². The summed E-state index contributed by atoms with van der Waals surface area (Å²) in [5.41, 5.74) is 3.40. The minimum absolute atomic E-state index is 0.142. The average molecular weight is 288 g/mol. The minimum atomic E-state index is -0.214. The van der Waals surface area contributed by atoms with Gasteiger partial charge in [0.25, 0.3) is 0 Å². The van der Waals surface area contributed by atoms with E-state index in [4.69, 9.17) is 4.74 Å². The van der Waals surface area contributed by atoms with Gasteiger partial charge in [-0.1, -0.05) is 54.6 Å². The number of ketones is 1. The van der Waals surface area contributed by atoms with E-state index in [0.29, 0.717) is 6.42 Å². The van der Waals surface area contributed by atoms with Gasteiger partial charge >= 0.3 is 0 Å². The lowest BCUT2D eigenvalue weighted by Gasteiger charge is -2.29. The molecule has 0 saturated carbocycles. The van der Waals surface area contributed by atoms with E-state index < -0.39 is 0 Å². The second-order valence-corrected chi connectivity index (χ2v) is 5.76. The normalized spacial score (nSPS) is 15.8. The molecule has 1 atom stereocenters. The lowest BCUT2D eigenvalue weighted by Crippen LogP contribution is -2.17. The molecule has 2 heteroatoms. The van der Waals surface area contributed by atoms with Gasteiger partial charge in [-0.25, -0.2) is 0 Å². The lowest BCUT2D eigenvalue weighted by atomic mass is 9.87. The molecule has 0 saturated heterocycles. The van der Waals surface area contributed by atoms with Crippen molar-refractivity contribution in [1.29, 1.82) is 0 Å². The van der Waals surface area contributed by atoms with Crippen molar-refractivity contribution in [2.24, 2.45) is 0 Å². The third-order valence-electron chi connectivity index (χ3n) is 4.21. The number of carbonyl (C=O) groups excluding carboxylic acids is 1. The van der Waals surface area contributed by atoms with Crippen LogP contribution in [0.25, 0.3) is 21.9 Å². The molecule has 3 aromatic carbocycles. The Morgan fingerprint density at radius 2 is 1.73 bits per heavy atom. The highest BCUT2D eigenvalue weighted by Crippen LogP contribution is 2.46. The molecule has 3 aromatic rings. The standard InChI is InChI=1S/C20H16O2/c1-13(21)12-19-20-15-7-3-2-6-14(15)10-11-17(20)16-8-4-5-9-18(16)22-19/h2-11,19H,12H2,1H3.